The number of hydrogen-bond acceptors (Lipinski definition) is 1. The second-order valence-corrected chi connectivity index (χ2v) is 2.23. The van der Waals surface area contributed by atoms with Crippen LogP contribution in [0.4, 0.5) is 10.1 Å². The molecule has 1 aromatic rings. The molecule has 0 aliphatic rings. The first-order valence-corrected chi connectivity index (χ1v) is 2.92. The molecule has 0 saturated carbocycles. The van der Waals surface area contributed by atoms with Gasteiger partial charge < -0.3 is 5.73 Å². The molecule has 1 nitrogen and oxygen atoms in total. The highest BCUT2D eigenvalue weighted by atomic mass is 19.1. The van der Waals surface area contributed by atoms with Crippen LogP contribution in [0.25, 0.3) is 0 Å². The molecular weight excluding hydrogens is 128 g/mol. The standard InChI is InChI=1S/C7H7BFN/c1-4-2-6(9)7(10)3-5(4)8/h2-3H,10H2,1H3. The highest BCUT2D eigenvalue weighted by Crippen LogP contribution is 2.07. The Hall–Kier alpha value is -0.985. The fourth-order valence-corrected chi connectivity index (χ4v) is 0.707. The Labute approximate surface area is 60.5 Å². The lowest BCUT2D eigenvalue weighted by Gasteiger charge is -2.01. The van der Waals surface area contributed by atoms with E-state index in [2.05, 4.69) is 0 Å². The minimum absolute atomic E-state index is 0.100. The van der Waals surface area contributed by atoms with Gasteiger partial charge in [0, 0.05) is 0 Å². The maximum Gasteiger partial charge on any atom is 0.146 e. The van der Waals surface area contributed by atoms with E-state index in [4.69, 9.17) is 13.6 Å². The van der Waals surface area contributed by atoms with Crippen molar-refractivity contribution < 1.29 is 4.39 Å². The number of rotatable bonds is 0. The zero-order valence-corrected chi connectivity index (χ0v) is 5.69. The molecule has 50 valence electrons. The van der Waals surface area contributed by atoms with Gasteiger partial charge in [-0.3, -0.25) is 0 Å². The molecule has 0 aliphatic heterocycles. The second-order valence-electron chi connectivity index (χ2n) is 2.23. The molecule has 0 fully saturated rings. The van der Waals surface area contributed by atoms with Gasteiger partial charge in [0.2, 0.25) is 0 Å². The summed E-state index contributed by atoms with van der Waals surface area (Å²) in [5.74, 6) is -0.410. The van der Waals surface area contributed by atoms with Gasteiger partial charge in [0.25, 0.3) is 0 Å². The van der Waals surface area contributed by atoms with Gasteiger partial charge in [-0.1, -0.05) is 11.0 Å². The van der Waals surface area contributed by atoms with Gasteiger partial charge in [-0.15, -0.1) is 0 Å². The van der Waals surface area contributed by atoms with E-state index in [-0.39, 0.29) is 5.69 Å². The maximum atomic E-state index is 12.6. The van der Waals surface area contributed by atoms with Crippen LogP contribution < -0.4 is 11.2 Å². The van der Waals surface area contributed by atoms with Gasteiger partial charge in [-0.05, 0) is 19.1 Å². The summed E-state index contributed by atoms with van der Waals surface area (Å²) >= 11 is 0. The van der Waals surface area contributed by atoms with E-state index in [1.54, 1.807) is 6.92 Å². The Morgan fingerprint density at radius 3 is 2.60 bits per heavy atom. The number of nitrogen functional groups attached to an aromatic ring is 1. The molecule has 0 bridgehead atoms. The van der Waals surface area contributed by atoms with Gasteiger partial charge in [0.05, 0.1) is 5.69 Å². The number of aryl methyl sites for hydroxylation is 1. The average molecular weight is 135 g/mol. The van der Waals surface area contributed by atoms with Gasteiger partial charge in [0.15, 0.2) is 0 Å². The second kappa shape index (κ2) is 2.33. The number of anilines is 1. The SMILES string of the molecule is [B]c1cc(N)c(F)cc1C. The van der Waals surface area contributed by atoms with E-state index in [9.17, 15) is 4.39 Å². The van der Waals surface area contributed by atoms with Crippen LogP contribution in [0.3, 0.4) is 0 Å². The summed E-state index contributed by atoms with van der Waals surface area (Å²) in [6, 6.07) is 2.75. The maximum absolute atomic E-state index is 12.6. The third-order valence-electron chi connectivity index (χ3n) is 1.39. The molecule has 0 aromatic heterocycles. The van der Waals surface area contributed by atoms with E-state index < -0.39 is 5.82 Å². The third-order valence-corrected chi connectivity index (χ3v) is 1.39. The zero-order chi connectivity index (χ0) is 7.72. The van der Waals surface area contributed by atoms with Crippen molar-refractivity contribution in [3.05, 3.63) is 23.5 Å². The summed E-state index contributed by atoms with van der Waals surface area (Å²) in [7, 11) is 5.44. The van der Waals surface area contributed by atoms with Crippen LogP contribution >= 0.6 is 0 Å². The lowest BCUT2D eigenvalue weighted by Crippen LogP contribution is -2.09. The first kappa shape index (κ1) is 7.13. The first-order chi connectivity index (χ1) is 4.61. The fourth-order valence-electron chi connectivity index (χ4n) is 0.707. The quantitative estimate of drug-likeness (QED) is 0.407. The van der Waals surface area contributed by atoms with E-state index in [0.29, 0.717) is 11.0 Å². The van der Waals surface area contributed by atoms with Crippen molar-refractivity contribution in [3.8, 4) is 0 Å². The van der Waals surface area contributed by atoms with E-state index in [1.165, 1.54) is 12.1 Å². The van der Waals surface area contributed by atoms with Crippen LogP contribution in [0.1, 0.15) is 5.56 Å². The summed E-state index contributed by atoms with van der Waals surface area (Å²) in [5, 5.41) is 0. The van der Waals surface area contributed by atoms with Crippen molar-refractivity contribution in [2.24, 2.45) is 0 Å². The molecule has 0 heterocycles. The summed E-state index contributed by atoms with van der Waals surface area (Å²) in [6.07, 6.45) is 0. The minimum atomic E-state index is -0.410. The van der Waals surface area contributed by atoms with Crippen molar-refractivity contribution >= 4 is 19.0 Å². The number of hydrogen-bond donors (Lipinski definition) is 1. The molecule has 1 aromatic carbocycles. The summed E-state index contributed by atoms with van der Waals surface area (Å²) in [5.41, 5.74) is 6.58. The topological polar surface area (TPSA) is 26.0 Å². The molecule has 10 heavy (non-hydrogen) atoms. The minimum Gasteiger partial charge on any atom is -0.396 e. The Morgan fingerprint density at radius 2 is 2.10 bits per heavy atom. The van der Waals surface area contributed by atoms with E-state index in [1.807, 2.05) is 0 Å². The van der Waals surface area contributed by atoms with Crippen molar-refractivity contribution in [3.63, 3.8) is 0 Å². The monoisotopic (exact) mass is 135 g/mol. The zero-order valence-electron chi connectivity index (χ0n) is 5.69. The normalized spacial score (nSPS) is 9.80. The fraction of sp³-hybridized carbons (Fsp3) is 0.143. The lowest BCUT2D eigenvalue weighted by atomic mass is 9.91. The van der Waals surface area contributed by atoms with Crippen LogP contribution in [0.2, 0.25) is 0 Å². The van der Waals surface area contributed by atoms with Crippen LogP contribution in [0, 0.1) is 12.7 Å². The Morgan fingerprint density at radius 1 is 1.50 bits per heavy atom. The van der Waals surface area contributed by atoms with E-state index >= 15 is 0 Å². The molecule has 0 spiro atoms. The highest BCUT2D eigenvalue weighted by molar-refractivity contribution is 6.33. The molecular formula is C7H7BFN. The first-order valence-electron chi connectivity index (χ1n) is 2.92. The van der Waals surface area contributed by atoms with Crippen LogP contribution in [0.5, 0.6) is 0 Å². The predicted octanol–water partition coefficient (Wildman–Crippen LogP) is 0.510. The lowest BCUT2D eigenvalue weighted by molar-refractivity contribution is 0.632. The molecule has 2 radical (unpaired) electrons. The average Bonchev–Trinajstić information content (AvgIpc) is 1.84. The van der Waals surface area contributed by atoms with E-state index in [0.717, 1.165) is 0 Å². The molecule has 0 saturated heterocycles. The van der Waals surface area contributed by atoms with Crippen LogP contribution in [-0.4, -0.2) is 7.85 Å². The number of nitrogens with two attached hydrogens (primary N) is 1. The van der Waals surface area contributed by atoms with Crippen molar-refractivity contribution in [1.29, 1.82) is 0 Å². The molecule has 0 amide bonds. The van der Waals surface area contributed by atoms with Gasteiger partial charge in [-0.2, -0.15) is 0 Å². The summed E-state index contributed by atoms with van der Waals surface area (Å²) in [4.78, 5) is 0. The Kier molecular flexibility index (Phi) is 1.66. The third kappa shape index (κ3) is 1.13. The molecule has 0 unspecified atom stereocenters. The Bertz CT molecular complexity index is 210. The molecule has 0 atom stereocenters. The van der Waals surface area contributed by atoms with Crippen molar-refractivity contribution in [2.45, 2.75) is 6.92 Å². The number of halogens is 1. The van der Waals surface area contributed by atoms with Crippen LogP contribution in [-0.2, 0) is 0 Å². The van der Waals surface area contributed by atoms with Crippen molar-refractivity contribution in [2.75, 3.05) is 5.73 Å². The van der Waals surface area contributed by atoms with Crippen molar-refractivity contribution in [1.82, 2.24) is 0 Å². The van der Waals surface area contributed by atoms with Gasteiger partial charge in [-0.25, -0.2) is 4.39 Å². The molecule has 1 rings (SSSR count). The summed E-state index contributed by atoms with van der Waals surface area (Å²) < 4.78 is 12.6. The molecule has 3 heteroatoms. The van der Waals surface area contributed by atoms with Gasteiger partial charge >= 0.3 is 0 Å². The number of benzene rings is 1. The largest absolute Gasteiger partial charge is 0.396 e. The molecule has 2 N–H and O–H groups in total. The summed E-state index contributed by atoms with van der Waals surface area (Å²) in [6.45, 7) is 1.73. The highest BCUT2D eigenvalue weighted by Gasteiger charge is 1.98. The Balaban J connectivity index is 3.28. The smallest absolute Gasteiger partial charge is 0.146 e. The predicted molar refractivity (Wildman–Crippen MR) is 40.9 cm³/mol. The van der Waals surface area contributed by atoms with Gasteiger partial charge in [0.1, 0.15) is 13.7 Å². The van der Waals surface area contributed by atoms with Crippen LogP contribution in [0.15, 0.2) is 12.1 Å². The molecule has 0 aliphatic carbocycles.